The molecule has 0 saturated heterocycles. The summed E-state index contributed by atoms with van der Waals surface area (Å²) in [6.07, 6.45) is 0. The van der Waals surface area contributed by atoms with E-state index in [4.69, 9.17) is 21.1 Å². The van der Waals surface area contributed by atoms with Crippen molar-refractivity contribution in [1.82, 2.24) is 14.7 Å². The first-order valence-corrected chi connectivity index (χ1v) is 10.4. The van der Waals surface area contributed by atoms with Gasteiger partial charge in [-0.1, -0.05) is 17.7 Å². The van der Waals surface area contributed by atoms with E-state index in [1.165, 1.54) is 43.1 Å². The predicted octanol–water partition coefficient (Wildman–Crippen LogP) is 3.24. The number of carbonyl (C=O) groups is 3. The zero-order valence-corrected chi connectivity index (χ0v) is 19.4. The van der Waals surface area contributed by atoms with E-state index in [9.17, 15) is 18.8 Å². The van der Waals surface area contributed by atoms with E-state index < -0.39 is 30.2 Å². The lowest BCUT2D eigenvalue weighted by molar-refractivity contribution is -0.136. The maximum absolute atomic E-state index is 13.2. The van der Waals surface area contributed by atoms with Gasteiger partial charge in [0.1, 0.15) is 22.3 Å². The van der Waals surface area contributed by atoms with Crippen LogP contribution in [0.5, 0.6) is 5.75 Å². The second-order valence-corrected chi connectivity index (χ2v) is 7.60. The molecule has 11 heteroatoms. The first-order chi connectivity index (χ1) is 16.2. The first-order valence-electron chi connectivity index (χ1n) is 10.1. The molecule has 0 saturated carbocycles. The van der Waals surface area contributed by atoms with Crippen molar-refractivity contribution in [3.05, 3.63) is 70.8 Å². The minimum absolute atomic E-state index is 0.0165. The lowest BCUT2D eigenvalue weighted by atomic mass is 10.2. The van der Waals surface area contributed by atoms with Crippen LogP contribution in [0.4, 0.5) is 10.1 Å². The van der Waals surface area contributed by atoms with Gasteiger partial charge >= 0.3 is 5.97 Å². The number of nitrogens with one attached hydrogen (secondary N) is 1. The van der Waals surface area contributed by atoms with Crippen molar-refractivity contribution in [2.24, 2.45) is 0 Å². The molecule has 0 radical (unpaired) electrons. The van der Waals surface area contributed by atoms with Crippen LogP contribution < -0.4 is 10.1 Å². The number of carbonyl (C=O) groups excluding carboxylic acids is 3. The van der Waals surface area contributed by atoms with Crippen LogP contribution in [0, 0.1) is 12.7 Å². The molecule has 1 heterocycles. The van der Waals surface area contributed by atoms with Gasteiger partial charge in [0.2, 0.25) is 5.91 Å². The number of hydrogen-bond acceptors (Lipinski definition) is 6. The Kier molecular flexibility index (Phi) is 7.85. The molecule has 2 amide bonds. The molecule has 1 N–H and O–H groups in total. The molecule has 0 atom stereocenters. The largest absolute Gasteiger partial charge is 0.497 e. The second kappa shape index (κ2) is 10.8. The third-order valence-electron chi connectivity index (χ3n) is 4.77. The van der Waals surface area contributed by atoms with Crippen LogP contribution in [0.2, 0.25) is 5.15 Å². The molecule has 3 aromatic rings. The Bertz CT molecular complexity index is 1210. The Morgan fingerprint density at radius 2 is 1.88 bits per heavy atom. The second-order valence-electron chi connectivity index (χ2n) is 7.25. The predicted molar refractivity (Wildman–Crippen MR) is 123 cm³/mol. The van der Waals surface area contributed by atoms with Gasteiger partial charge in [-0.25, -0.2) is 13.9 Å². The van der Waals surface area contributed by atoms with Crippen molar-refractivity contribution >= 4 is 35.1 Å². The fourth-order valence-electron chi connectivity index (χ4n) is 3.00. The number of amides is 2. The number of esters is 1. The maximum Gasteiger partial charge on any atom is 0.343 e. The van der Waals surface area contributed by atoms with E-state index in [0.717, 1.165) is 4.90 Å². The molecule has 0 fully saturated rings. The molecule has 0 aliphatic heterocycles. The van der Waals surface area contributed by atoms with Crippen molar-refractivity contribution < 1.29 is 28.2 Å². The Morgan fingerprint density at radius 1 is 1.18 bits per heavy atom. The zero-order valence-electron chi connectivity index (χ0n) is 18.7. The van der Waals surface area contributed by atoms with E-state index in [1.54, 1.807) is 31.2 Å². The summed E-state index contributed by atoms with van der Waals surface area (Å²) in [6, 6.07) is 12.2. The van der Waals surface area contributed by atoms with Gasteiger partial charge in [-0.3, -0.25) is 9.59 Å². The van der Waals surface area contributed by atoms with E-state index in [-0.39, 0.29) is 23.0 Å². The van der Waals surface area contributed by atoms with Crippen molar-refractivity contribution in [2.75, 3.05) is 32.6 Å². The fraction of sp³-hybridized carbons (Fsp3) is 0.217. The molecule has 178 valence electrons. The monoisotopic (exact) mass is 488 g/mol. The van der Waals surface area contributed by atoms with E-state index in [0.29, 0.717) is 17.1 Å². The van der Waals surface area contributed by atoms with Crippen LogP contribution in [0.15, 0.2) is 48.5 Å². The van der Waals surface area contributed by atoms with Crippen LogP contribution in [-0.2, 0) is 14.3 Å². The number of benzene rings is 2. The lowest BCUT2D eigenvalue weighted by Crippen LogP contribution is -2.37. The van der Waals surface area contributed by atoms with Gasteiger partial charge in [0, 0.05) is 18.8 Å². The number of halogens is 2. The molecule has 0 bridgehead atoms. The number of nitrogens with zero attached hydrogens (tertiary/aromatic N) is 3. The summed E-state index contributed by atoms with van der Waals surface area (Å²) in [7, 11) is 2.92. The van der Waals surface area contributed by atoms with Gasteiger partial charge in [0.05, 0.1) is 25.0 Å². The summed E-state index contributed by atoms with van der Waals surface area (Å²) in [6.45, 7) is 0.703. The SMILES string of the molecule is COc1cccc(NC(=O)CN(C)C(=O)COC(=O)c2c(C)nn(-c3ccc(F)cc3)c2Cl)c1. The van der Waals surface area contributed by atoms with Crippen LogP contribution >= 0.6 is 11.6 Å². The topological polar surface area (TPSA) is 103 Å². The summed E-state index contributed by atoms with van der Waals surface area (Å²) in [5.74, 6) is -1.73. The van der Waals surface area contributed by atoms with Gasteiger partial charge < -0.3 is 19.7 Å². The Morgan fingerprint density at radius 3 is 2.56 bits per heavy atom. The molecule has 3 rings (SSSR count). The normalized spacial score (nSPS) is 10.5. The number of aryl methyl sites for hydroxylation is 1. The van der Waals surface area contributed by atoms with Gasteiger partial charge in [-0.2, -0.15) is 5.10 Å². The highest BCUT2D eigenvalue weighted by Gasteiger charge is 2.24. The van der Waals surface area contributed by atoms with Crippen LogP contribution in [0.25, 0.3) is 5.69 Å². The summed E-state index contributed by atoms with van der Waals surface area (Å²) in [4.78, 5) is 38.3. The van der Waals surface area contributed by atoms with Crippen LogP contribution in [0.3, 0.4) is 0 Å². The highest BCUT2D eigenvalue weighted by molar-refractivity contribution is 6.33. The van der Waals surface area contributed by atoms with Gasteiger partial charge in [0.15, 0.2) is 6.61 Å². The standard InChI is InChI=1S/C23H22ClFN4O5/c1-14-21(22(24)29(27-14)17-9-7-15(25)8-10-17)23(32)34-13-20(31)28(2)12-19(30)26-16-5-4-6-18(11-16)33-3/h4-11H,12-13H2,1-3H3,(H,26,30). The molecule has 1 aromatic heterocycles. The Balaban J connectivity index is 1.57. The molecule has 34 heavy (non-hydrogen) atoms. The third kappa shape index (κ3) is 5.90. The number of rotatable bonds is 8. The Labute approximate surface area is 200 Å². The smallest absolute Gasteiger partial charge is 0.343 e. The van der Waals surface area contributed by atoms with E-state index in [1.807, 2.05) is 0 Å². The highest BCUT2D eigenvalue weighted by Crippen LogP contribution is 2.24. The summed E-state index contributed by atoms with van der Waals surface area (Å²) in [5.41, 5.74) is 1.22. The van der Waals surface area contributed by atoms with Crippen molar-refractivity contribution in [1.29, 1.82) is 0 Å². The summed E-state index contributed by atoms with van der Waals surface area (Å²) in [5, 5.41) is 6.81. The van der Waals surface area contributed by atoms with Gasteiger partial charge in [-0.05, 0) is 43.3 Å². The zero-order chi connectivity index (χ0) is 24.8. The first kappa shape index (κ1) is 24.7. The molecule has 2 aromatic carbocycles. The number of ether oxygens (including phenoxy) is 2. The quantitative estimate of drug-likeness (QED) is 0.488. The van der Waals surface area contributed by atoms with Crippen molar-refractivity contribution in [2.45, 2.75) is 6.92 Å². The molecule has 0 aliphatic carbocycles. The number of anilines is 1. The van der Waals surface area contributed by atoms with Crippen LogP contribution in [0.1, 0.15) is 16.1 Å². The molecular formula is C23H22ClFN4O5. The van der Waals surface area contributed by atoms with E-state index in [2.05, 4.69) is 10.4 Å². The number of hydrogen-bond donors (Lipinski definition) is 1. The molecular weight excluding hydrogens is 467 g/mol. The fourth-order valence-corrected chi connectivity index (χ4v) is 3.35. The van der Waals surface area contributed by atoms with E-state index >= 15 is 0 Å². The number of aromatic nitrogens is 2. The molecule has 0 aliphatic rings. The minimum atomic E-state index is -0.849. The minimum Gasteiger partial charge on any atom is -0.497 e. The van der Waals surface area contributed by atoms with Gasteiger partial charge in [-0.15, -0.1) is 0 Å². The lowest BCUT2D eigenvalue weighted by Gasteiger charge is -2.17. The van der Waals surface area contributed by atoms with Crippen LogP contribution in [-0.4, -0.2) is 59.8 Å². The third-order valence-corrected chi connectivity index (χ3v) is 5.12. The number of methoxy groups -OCH3 is 1. The Hall–Kier alpha value is -3.92. The van der Waals surface area contributed by atoms with Crippen molar-refractivity contribution in [3.8, 4) is 11.4 Å². The highest BCUT2D eigenvalue weighted by atomic mass is 35.5. The molecule has 0 spiro atoms. The molecule has 0 unspecified atom stereocenters. The molecule has 9 nitrogen and oxygen atoms in total. The average Bonchev–Trinajstić information content (AvgIpc) is 3.11. The van der Waals surface area contributed by atoms with Gasteiger partial charge in [0.25, 0.3) is 5.91 Å². The average molecular weight is 489 g/mol. The summed E-state index contributed by atoms with van der Waals surface area (Å²) < 4.78 is 24.6. The number of likely N-dealkylation sites (N-methyl/N-ethyl adjacent to an activating group) is 1. The summed E-state index contributed by atoms with van der Waals surface area (Å²) >= 11 is 6.29. The van der Waals surface area contributed by atoms with Crippen molar-refractivity contribution in [3.63, 3.8) is 0 Å². The maximum atomic E-state index is 13.2.